The van der Waals surface area contributed by atoms with Gasteiger partial charge in [-0.05, 0) is 19.4 Å². The van der Waals surface area contributed by atoms with Gasteiger partial charge in [0.25, 0.3) is 0 Å². The Morgan fingerprint density at radius 2 is 1.72 bits per heavy atom. The number of hydrogen-bond donors (Lipinski definition) is 0. The average Bonchev–Trinajstić information content (AvgIpc) is 3.32. The molecule has 0 bridgehead atoms. The number of hydrogen-bond acceptors (Lipinski definition) is 5. The highest BCUT2D eigenvalue weighted by Gasteiger charge is 2.21. The molecular formula is C23H21N3O3. The van der Waals surface area contributed by atoms with Gasteiger partial charge in [-0.3, -0.25) is 4.68 Å². The molecule has 0 fully saturated rings. The number of rotatable bonds is 6. The van der Waals surface area contributed by atoms with Crippen molar-refractivity contribution < 1.29 is 14.1 Å². The summed E-state index contributed by atoms with van der Waals surface area (Å²) in [6.45, 7) is 4.30. The van der Waals surface area contributed by atoms with E-state index in [0.717, 1.165) is 16.8 Å². The van der Waals surface area contributed by atoms with E-state index < -0.39 is 5.97 Å². The smallest absolute Gasteiger partial charge is 0.342 e. The molecule has 0 N–H and O–H groups in total. The summed E-state index contributed by atoms with van der Waals surface area (Å²) < 4.78 is 12.6. The molecule has 2 aromatic heterocycles. The number of carbonyl (C=O) groups is 1. The lowest BCUT2D eigenvalue weighted by Gasteiger charge is -2.06. The van der Waals surface area contributed by atoms with Crippen LogP contribution >= 0.6 is 0 Å². The van der Waals surface area contributed by atoms with Crippen LogP contribution in [0.4, 0.5) is 0 Å². The van der Waals surface area contributed by atoms with E-state index in [0.29, 0.717) is 29.3 Å². The summed E-state index contributed by atoms with van der Waals surface area (Å²) in [5, 5.41) is 8.55. The molecule has 0 saturated carbocycles. The fraction of sp³-hybridized carbons (Fsp3) is 0.174. The number of esters is 1. The lowest BCUT2D eigenvalue weighted by atomic mass is 10.1. The normalized spacial score (nSPS) is 10.8. The zero-order valence-electron chi connectivity index (χ0n) is 16.3. The SMILES string of the molecule is Cc1nn(Cc2ccccc2)c(C)c1C(=O)OCc1cc(-c2ccccc2)no1. The molecule has 6 nitrogen and oxygen atoms in total. The van der Waals surface area contributed by atoms with E-state index in [1.165, 1.54) is 0 Å². The number of benzene rings is 2. The van der Waals surface area contributed by atoms with Gasteiger partial charge in [0.2, 0.25) is 0 Å². The van der Waals surface area contributed by atoms with Gasteiger partial charge in [0.15, 0.2) is 12.4 Å². The Morgan fingerprint density at radius 1 is 1.03 bits per heavy atom. The fourth-order valence-electron chi connectivity index (χ4n) is 3.24. The van der Waals surface area contributed by atoms with Crippen LogP contribution in [-0.4, -0.2) is 20.9 Å². The first-order valence-electron chi connectivity index (χ1n) is 9.38. The predicted molar refractivity (Wildman–Crippen MR) is 108 cm³/mol. The van der Waals surface area contributed by atoms with Gasteiger partial charge < -0.3 is 9.26 Å². The van der Waals surface area contributed by atoms with Crippen molar-refractivity contribution in [2.24, 2.45) is 0 Å². The van der Waals surface area contributed by atoms with E-state index in [4.69, 9.17) is 9.26 Å². The molecule has 0 atom stereocenters. The quantitative estimate of drug-likeness (QED) is 0.454. The van der Waals surface area contributed by atoms with Gasteiger partial charge in [-0.1, -0.05) is 65.8 Å². The fourth-order valence-corrected chi connectivity index (χ4v) is 3.24. The van der Waals surface area contributed by atoms with Gasteiger partial charge in [-0.25, -0.2) is 4.79 Å². The molecular weight excluding hydrogens is 366 g/mol. The van der Waals surface area contributed by atoms with Crippen LogP contribution in [-0.2, 0) is 17.9 Å². The Labute approximate surface area is 168 Å². The van der Waals surface area contributed by atoms with Crippen molar-refractivity contribution in [3.63, 3.8) is 0 Å². The van der Waals surface area contributed by atoms with Crippen molar-refractivity contribution >= 4 is 5.97 Å². The number of aryl methyl sites for hydroxylation is 1. The Balaban J connectivity index is 1.45. The minimum Gasteiger partial charge on any atom is -0.454 e. The van der Waals surface area contributed by atoms with Gasteiger partial charge in [-0.15, -0.1) is 0 Å². The largest absolute Gasteiger partial charge is 0.454 e. The molecule has 0 aliphatic heterocycles. The third-order valence-electron chi connectivity index (χ3n) is 4.73. The van der Waals surface area contributed by atoms with Gasteiger partial charge >= 0.3 is 5.97 Å². The maximum absolute atomic E-state index is 12.7. The molecule has 0 aliphatic rings. The lowest BCUT2D eigenvalue weighted by Crippen LogP contribution is -2.09. The molecule has 0 radical (unpaired) electrons. The molecule has 2 heterocycles. The van der Waals surface area contributed by atoms with Crippen molar-refractivity contribution in [2.75, 3.05) is 0 Å². The van der Waals surface area contributed by atoms with Gasteiger partial charge in [0.1, 0.15) is 11.3 Å². The van der Waals surface area contributed by atoms with Crippen LogP contribution in [0.25, 0.3) is 11.3 Å². The highest BCUT2D eigenvalue weighted by Crippen LogP contribution is 2.20. The van der Waals surface area contributed by atoms with E-state index in [9.17, 15) is 4.79 Å². The average molecular weight is 387 g/mol. The first-order valence-corrected chi connectivity index (χ1v) is 9.38. The molecule has 0 spiro atoms. The number of aromatic nitrogens is 3. The van der Waals surface area contributed by atoms with Crippen molar-refractivity contribution in [3.05, 3.63) is 95.0 Å². The Kier molecular flexibility index (Phi) is 5.24. The molecule has 6 heteroatoms. The van der Waals surface area contributed by atoms with Crippen molar-refractivity contribution in [1.82, 2.24) is 14.9 Å². The summed E-state index contributed by atoms with van der Waals surface area (Å²) in [5.41, 5.74) is 4.68. The van der Waals surface area contributed by atoms with Crippen LogP contribution in [0.15, 0.2) is 71.3 Å². The van der Waals surface area contributed by atoms with Crippen molar-refractivity contribution in [3.8, 4) is 11.3 Å². The molecule has 29 heavy (non-hydrogen) atoms. The molecule has 0 saturated heterocycles. The molecule has 0 unspecified atom stereocenters. The summed E-state index contributed by atoms with van der Waals surface area (Å²) in [6, 6.07) is 21.5. The standard InChI is InChI=1S/C23H21N3O3/c1-16-22(17(2)26(24-16)14-18-9-5-3-6-10-18)23(27)28-15-20-13-21(25-29-20)19-11-7-4-8-12-19/h3-13H,14-15H2,1-2H3. The number of nitrogens with zero attached hydrogens (tertiary/aromatic N) is 3. The zero-order valence-corrected chi connectivity index (χ0v) is 16.3. The van der Waals surface area contributed by atoms with Crippen LogP contribution in [0.2, 0.25) is 0 Å². The minimum absolute atomic E-state index is 0.0153. The summed E-state index contributed by atoms with van der Waals surface area (Å²) >= 11 is 0. The number of ether oxygens (including phenoxy) is 1. The van der Waals surface area contributed by atoms with Crippen molar-refractivity contribution in [1.29, 1.82) is 0 Å². The summed E-state index contributed by atoms with van der Waals surface area (Å²) in [4.78, 5) is 12.7. The molecule has 2 aromatic carbocycles. The minimum atomic E-state index is -0.419. The van der Waals surface area contributed by atoms with Crippen LogP contribution in [0.3, 0.4) is 0 Å². The topological polar surface area (TPSA) is 70.2 Å². The molecule has 0 aliphatic carbocycles. The van der Waals surface area contributed by atoms with Gasteiger partial charge in [-0.2, -0.15) is 5.10 Å². The summed E-state index contributed by atoms with van der Waals surface area (Å²) in [7, 11) is 0. The second kappa shape index (κ2) is 8.14. The summed E-state index contributed by atoms with van der Waals surface area (Å²) in [5.74, 6) is 0.0705. The Bertz CT molecular complexity index is 1110. The monoisotopic (exact) mass is 387 g/mol. The summed E-state index contributed by atoms with van der Waals surface area (Å²) in [6.07, 6.45) is 0. The Morgan fingerprint density at radius 3 is 2.45 bits per heavy atom. The lowest BCUT2D eigenvalue weighted by molar-refractivity contribution is 0.0435. The first-order chi connectivity index (χ1) is 14.1. The first kappa shape index (κ1) is 18.7. The Hall–Kier alpha value is -3.67. The van der Waals surface area contributed by atoms with Crippen LogP contribution in [0, 0.1) is 13.8 Å². The third-order valence-corrected chi connectivity index (χ3v) is 4.73. The zero-order chi connectivity index (χ0) is 20.2. The van der Waals surface area contributed by atoms with Crippen LogP contribution in [0.5, 0.6) is 0 Å². The molecule has 146 valence electrons. The van der Waals surface area contributed by atoms with E-state index in [-0.39, 0.29) is 6.61 Å². The number of carbonyl (C=O) groups excluding carboxylic acids is 1. The van der Waals surface area contributed by atoms with Crippen molar-refractivity contribution in [2.45, 2.75) is 27.0 Å². The van der Waals surface area contributed by atoms with Gasteiger partial charge in [0.05, 0.1) is 17.9 Å². The predicted octanol–water partition coefficient (Wildman–Crippen LogP) is 4.56. The highest BCUT2D eigenvalue weighted by molar-refractivity contribution is 5.91. The second-order valence-corrected chi connectivity index (χ2v) is 6.81. The second-order valence-electron chi connectivity index (χ2n) is 6.81. The molecule has 0 amide bonds. The maximum Gasteiger partial charge on any atom is 0.342 e. The van der Waals surface area contributed by atoms with E-state index in [2.05, 4.69) is 10.3 Å². The molecule has 4 aromatic rings. The van der Waals surface area contributed by atoms with E-state index >= 15 is 0 Å². The highest BCUT2D eigenvalue weighted by atomic mass is 16.5. The third kappa shape index (κ3) is 4.11. The van der Waals surface area contributed by atoms with Crippen LogP contribution < -0.4 is 0 Å². The van der Waals surface area contributed by atoms with E-state index in [1.54, 1.807) is 6.07 Å². The maximum atomic E-state index is 12.7. The van der Waals surface area contributed by atoms with Gasteiger partial charge in [0, 0.05) is 11.6 Å². The molecule has 4 rings (SSSR count). The van der Waals surface area contributed by atoms with E-state index in [1.807, 2.05) is 79.2 Å². The van der Waals surface area contributed by atoms with Crippen LogP contribution in [0.1, 0.15) is 33.1 Å².